The molecule has 0 radical (unpaired) electrons. The molecule has 2 nitrogen and oxygen atoms in total. The second-order valence-corrected chi connectivity index (χ2v) is 5.21. The van der Waals surface area contributed by atoms with Gasteiger partial charge in [0.1, 0.15) is 0 Å². The molecule has 9 heavy (non-hydrogen) atoms. The first kappa shape index (κ1) is 9.11. The lowest BCUT2D eigenvalue weighted by Gasteiger charge is -2.16. The zero-order valence-corrected chi connectivity index (χ0v) is 6.99. The normalized spacial score (nSPS) is 15.6. The molecule has 56 valence electrons. The van der Waals surface area contributed by atoms with Gasteiger partial charge in [0.25, 0.3) is 0 Å². The minimum absolute atomic E-state index is 0.0177. The smallest absolute Gasteiger partial charge is 0.0546 e. The molecule has 0 aromatic rings. The van der Waals surface area contributed by atoms with E-state index in [0.29, 0.717) is 5.75 Å². The van der Waals surface area contributed by atoms with E-state index in [9.17, 15) is 4.21 Å². The highest BCUT2D eigenvalue weighted by Crippen LogP contribution is 2.10. The van der Waals surface area contributed by atoms with E-state index in [0.717, 1.165) is 0 Å². The number of hydrogen-bond acceptors (Lipinski definition) is 2. The molecule has 0 aliphatic heterocycles. The summed E-state index contributed by atoms with van der Waals surface area (Å²) in [5, 5.41) is 8.41. The molecule has 0 aromatic carbocycles. The molecule has 0 fully saturated rings. The van der Waals surface area contributed by atoms with Gasteiger partial charge < -0.3 is 5.11 Å². The fraction of sp³-hybridized carbons (Fsp3) is 1.00. The Morgan fingerprint density at radius 2 is 1.89 bits per heavy atom. The summed E-state index contributed by atoms with van der Waals surface area (Å²) >= 11 is 0. The van der Waals surface area contributed by atoms with Crippen LogP contribution in [0.25, 0.3) is 0 Å². The first-order chi connectivity index (χ1) is 3.98. The molecule has 0 aromatic heterocycles. The van der Waals surface area contributed by atoms with Gasteiger partial charge in [-0.1, -0.05) is 0 Å². The Hall–Kier alpha value is 0.110. The van der Waals surface area contributed by atoms with E-state index in [4.69, 9.17) is 5.11 Å². The standard InChI is InChI=1S/C6H14O2S/c1-6(2,3)9(8)5-4-7/h7H,4-5H2,1-3H3. The van der Waals surface area contributed by atoms with Crippen LogP contribution in [0, 0.1) is 0 Å². The van der Waals surface area contributed by atoms with Crippen molar-refractivity contribution in [2.24, 2.45) is 0 Å². The molecule has 1 atom stereocenters. The first-order valence-corrected chi connectivity index (χ1v) is 4.29. The van der Waals surface area contributed by atoms with Crippen LogP contribution < -0.4 is 0 Å². The molecule has 1 N–H and O–H groups in total. The first-order valence-electron chi connectivity index (χ1n) is 2.98. The summed E-state index contributed by atoms with van der Waals surface area (Å²) in [6.07, 6.45) is 0. The predicted octanol–water partition coefficient (Wildman–Crippen LogP) is 0.526. The summed E-state index contributed by atoms with van der Waals surface area (Å²) in [4.78, 5) is 0. The molecule has 0 aliphatic carbocycles. The lowest BCUT2D eigenvalue weighted by atomic mass is 10.3. The average molecular weight is 150 g/mol. The SMILES string of the molecule is CC(C)(C)S(=O)CCO. The van der Waals surface area contributed by atoms with Crippen molar-refractivity contribution in [2.45, 2.75) is 25.5 Å². The Morgan fingerprint density at radius 3 is 2.00 bits per heavy atom. The summed E-state index contributed by atoms with van der Waals surface area (Å²) in [5.74, 6) is 0.392. The molecule has 1 unspecified atom stereocenters. The maximum Gasteiger partial charge on any atom is 0.0546 e. The van der Waals surface area contributed by atoms with Gasteiger partial charge in [-0.3, -0.25) is 4.21 Å². The van der Waals surface area contributed by atoms with Crippen molar-refractivity contribution in [3.05, 3.63) is 0 Å². The van der Waals surface area contributed by atoms with Crippen molar-refractivity contribution in [3.63, 3.8) is 0 Å². The Morgan fingerprint density at radius 1 is 1.44 bits per heavy atom. The maximum absolute atomic E-state index is 11.0. The molecule has 0 aliphatic rings. The van der Waals surface area contributed by atoms with Gasteiger partial charge in [-0.15, -0.1) is 0 Å². The lowest BCUT2D eigenvalue weighted by Crippen LogP contribution is -2.25. The van der Waals surface area contributed by atoms with E-state index < -0.39 is 10.8 Å². The van der Waals surface area contributed by atoms with Gasteiger partial charge in [0.2, 0.25) is 0 Å². The number of rotatable bonds is 2. The molecule has 0 bridgehead atoms. The summed E-state index contributed by atoms with van der Waals surface area (Å²) in [6, 6.07) is 0. The summed E-state index contributed by atoms with van der Waals surface area (Å²) in [5.41, 5.74) is 0. The minimum atomic E-state index is -0.887. The van der Waals surface area contributed by atoms with Gasteiger partial charge >= 0.3 is 0 Å². The van der Waals surface area contributed by atoms with Crippen molar-refractivity contribution >= 4 is 10.8 Å². The highest BCUT2D eigenvalue weighted by atomic mass is 32.2. The van der Waals surface area contributed by atoms with Gasteiger partial charge in [0, 0.05) is 21.3 Å². The lowest BCUT2D eigenvalue weighted by molar-refractivity contribution is 0.320. The van der Waals surface area contributed by atoms with Crippen LogP contribution in [0.4, 0.5) is 0 Å². The Bertz CT molecular complexity index is 104. The predicted molar refractivity (Wildman–Crippen MR) is 39.8 cm³/mol. The molecular formula is C6H14O2S. The molecule has 0 amide bonds. The van der Waals surface area contributed by atoms with Crippen LogP contribution >= 0.6 is 0 Å². The molecule has 0 rings (SSSR count). The zero-order chi connectivity index (χ0) is 7.49. The fourth-order valence-electron chi connectivity index (χ4n) is 0.389. The molecule has 0 saturated carbocycles. The third-order valence-electron chi connectivity index (χ3n) is 0.960. The van der Waals surface area contributed by atoms with Crippen LogP contribution in [0.5, 0.6) is 0 Å². The average Bonchev–Trinajstić information content (AvgIpc) is 1.64. The number of aliphatic hydroxyl groups excluding tert-OH is 1. The second kappa shape index (κ2) is 3.32. The van der Waals surface area contributed by atoms with Crippen molar-refractivity contribution in [1.82, 2.24) is 0 Å². The fourth-order valence-corrected chi connectivity index (χ4v) is 1.17. The molecule has 0 heterocycles. The van der Waals surface area contributed by atoms with Crippen LogP contribution in [0.15, 0.2) is 0 Å². The molecule has 0 spiro atoms. The summed E-state index contributed by atoms with van der Waals surface area (Å²) in [6.45, 7) is 5.72. The topological polar surface area (TPSA) is 37.3 Å². The summed E-state index contributed by atoms with van der Waals surface area (Å²) in [7, 11) is -0.887. The van der Waals surface area contributed by atoms with Crippen LogP contribution in [0.1, 0.15) is 20.8 Å². The minimum Gasteiger partial charge on any atom is -0.395 e. The third kappa shape index (κ3) is 3.65. The number of hydrogen-bond donors (Lipinski definition) is 1. The van der Waals surface area contributed by atoms with Crippen molar-refractivity contribution in [1.29, 1.82) is 0 Å². The van der Waals surface area contributed by atoms with Gasteiger partial charge in [-0.2, -0.15) is 0 Å². The zero-order valence-electron chi connectivity index (χ0n) is 6.18. The van der Waals surface area contributed by atoms with Crippen LogP contribution in [0.2, 0.25) is 0 Å². The van der Waals surface area contributed by atoms with Crippen LogP contribution in [-0.2, 0) is 10.8 Å². The monoisotopic (exact) mass is 150 g/mol. The highest BCUT2D eigenvalue weighted by Gasteiger charge is 2.17. The van der Waals surface area contributed by atoms with Gasteiger partial charge in [-0.05, 0) is 20.8 Å². The van der Waals surface area contributed by atoms with Crippen LogP contribution in [0.3, 0.4) is 0 Å². The van der Waals surface area contributed by atoms with Crippen molar-refractivity contribution in [3.8, 4) is 0 Å². The number of aliphatic hydroxyl groups is 1. The Balaban J connectivity index is 3.74. The highest BCUT2D eigenvalue weighted by molar-refractivity contribution is 7.86. The molecule has 3 heteroatoms. The summed E-state index contributed by atoms with van der Waals surface area (Å²) < 4.78 is 10.8. The van der Waals surface area contributed by atoms with E-state index in [1.54, 1.807) is 0 Å². The Labute approximate surface area is 58.7 Å². The maximum atomic E-state index is 11.0. The van der Waals surface area contributed by atoms with Crippen molar-refractivity contribution in [2.75, 3.05) is 12.4 Å². The van der Waals surface area contributed by atoms with Gasteiger partial charge in [0.05, 0.1) is 6.61 Å². The third-order valence-corrected chi connectivity index (χ3v) is 2.88. The largest absolute Gasteiger partial charge is 0.395 e. The van der Waals surface area contributed by atoms with Gasteiger partial charge in [0.15, 0.2) is 0 Å². The van der Waals surface area contributed by atoms with E-state index in [1.807, 2.05) is 20.8 Å². The second-order valence-electron chi connectivity index (χ2n) is 2.89. The molecular weight excluding hydrogens is 136 g/mol. The van der Waals surface area contributed by atoms with Crippen LogP contribution in [-0.4, -0.2) is 26.4 Å². The van der Waals surface area contributed by atoms with E-state index in [1.165, 1.54) is 0 Å². The van der Waals surface area contributed by atoms with E-state index >= 15 is 0 Å². The van der Waals surface area contributed by atoms with Crippen molar-refractivity contribution < 1.29 is 9.32 Å². The van der Waals surface area contributed by atoms with E-state index in [-0.39, 0.29) is 11.4 Å². The van der Waals surface area contributed by atoms with E-state index in [2.05, 4.69) is 0 Å². The molecule has 0 saturated heterocycles. The Kier molecular flexibility index (Phi) is 3.36. The van der Waals surface area contributed by atoms with Gasteiger partial charge in [-0.25, -0.2) is 0 Å². The quantitative estimate of drug-likeness (QED) is 0.623.